The van der Waals surface area contributed by atoms with Crippen LogP contribution >= 0.6 is 11.8 Å². The van der Waals surface area contributed by atoms with Crippen molar-refractivity contribution in [1.29, 1.82) is 0 Å². The van der Waals surface area contributed by atoms with Gasteiger partial charge in [-0.15, -0.1) is 11.8 Å². The van der Waals surface area contributed by atoms with Crippen molar-refractivity contribution in [2.24, 2.45) is 0 Å². The first-order valence-electron chi connectivity index (χ1n) is 7.65. The lowest BCUT2D eigenvalue weighted by molar-refractivity contribution is -0.141. The molecule has 0 aromatic rings. The summed E-state index contributed by atoms with van der Waals surface area (Å²) in [6, 6.07) is -0.472. The van der Waals surface area contributed by atoms with Crippen LogP contribution in [0.15, 0.2) is 0 Å². The highest BCUT2D eigenvalue weighted by Crippen LogP contribution is 2.32. The molecule has 2 saturated heterocycles. The van der Waals surface area contributed by atoms with Crippen molar-refractivity contribution >= 4 is 23.8 Å². The van der Waals surface area contributed by atoms with E-state index in [-0.39, 0.29) is 11.4 Å². The van der Waals surface area contributed by atoms with Crippen molar-refractivity contribution in [2.45, 2.75) is 44.6 Å². The maximum Gasteiger partial charge on any atom is 0.327 e. The molecule has 0 spiro atoms. The Bertz CT molecular complexity index is 407. The summed E-state index contributed by atoms with van der Waals surface area (Å²) in [5, 5.41) is 9.33. The van der Waals surface area contributed by atoms with E-state index < -0.39 is 12.0 Å². The summed E-state index contributed by atoms with van der Waals surface area (Å²) in [5.74, 6) is -0.406. The summed E-state index contributed by atoms with van der Waals surface area (Å²) in [6.45, 7) is 9.45. The van der Waals surface area contributed by atoms with E-state index in [1.54, 1.807) is 16.7 Å². The van der Waals surface area contributed by atoms with Crippen molar-refractivity contribution in [3.05, 3.63) is 0 Å². The smallest absolute Gasteiger partial charge is 0.327 e. The summed E-state index contributed by atoms with van der Waals surface area (Å²) in [6.07, 6.45) is 0.782. The molecule has 2 rings (SSSR count). The number of likely N-dealkylation sites (N-methyl/N-ethyl adjacent to an activating group) is 1. The number of amides is 2. The lowest BCUT2D eigenvalue weighted by atomic mass is 10.2. The Hall–Kier alpha value is -0.950. The van der Waals surface area contributed by atoms with Crippen LogP contribution in [0.5, 0.6) is 0 Å². The molecule has 3 unspecified atom stereocenters. The average Bonchev–Trinajstić information content (AvgIpc) is 2.90. The van der Waals surface area contributed by atoms with Crippen LogP contribution in [-0.2, 0) is 4.79 Å². The highest BCUT2D eigenvalue weighted by molar-refractivity contribution is 8.00. The van der Waals surface area contributed by atoms with Crippen molar-refractivity contribution in [1.82, 2.24) is 14.7 Å². The van der Waals surface area contributed by atoms with Crippen LogP contribution in [-0.4, -0.2) is 81.2 Å². The molecule has 2 heterocycles. The molecule has 2 aliphatic heterocycles. The van der Waals surface area contributed by atoms with Crippen LogP contribution in [0.2, 0.25) is 0 Å². The molecular weight excluding hydrogens is 290 g/mol. The van der Waals surface area contributed by atoms with E-state index in [1.807, 2.05) is 11.8 Å². The molecule has 0 saturated carbocycles. The lowest BCUT2D eigenvalue weighted by Crippen LogP contribution is -2.58. The Morgan fingerprint density at radius 2 is 2.00 bits per heavy atom. The first kappa shape index (κ1) is 16.4. The van der Waals surface area contributed by atoms with E-state index in [0.29, 0.717) is 24.9 Å². The average molecular weight is 315 g/mol. The van der Waals surface area contributed by atoms with Gasteiger partial charge < -0.3 is 10.0 Å². The van der Waals surface area contributed by atoms with E-state index in [0.717, 1.165) is 19.5 Å². The van der Waals surface area contributed by atoms with E-state index >= 15 is 0 Å². The van der Waals surface area contributed by atoms with E-state index in [1.165, 1.54) is 0 Å². The summed E-state index contributed by atoms with van der Waals surface area (Å²) in [5.41, 5.74) is 0. The number of carboxylic acid groups (broad SMARTS) is 1. The highest BCUT2D eigenvalue weighted by atomic mass is 32.2. The van der Waals surface area contributed by atoms with Crippen molar-refractivity contribution in [3.8, 4) is 0 Å². The molecule has 7 heteroatoms. The van der Waals surface area contributed by atoms with Gasteiger partial charge in [-0.3, -0.25) is 9.80 Å². The molecule has 0 aromatic heterocycles. The molecule has 2 aliphatic rings. The number of hydrogen-bond donors (Lipinski definition) is 1. The highest BCUT2D eigenvalue weighted by Gasteiger charge is 2.43. The number of rotatable bonds is 3. The van der Waals surface area contributed by atoms with Crippen LogP contribution in [0, 0.1) is 0 Å². The largest absolute Gasteiger partial charge is 0.480 e. The number of thioether (sulfide) groups is 1. The number of nitrogens with zero attached hydrogens (tertiary/aromatic N) is 3. The van der Waals surface area contributed by atoms with Gasteiger partial charge in [0.1, 0.15) is 6.04 Å². The van der Waals surface area contributed by atoms with Crippen LogP contribution in [0.4, 0.5) is 4.79 Å². The Morgan fingerprint density at radius 1 is 1.29 bits per heavy atom. The second kappa shape index (κ2) is 6.87. The van der Waals surface area contributed by atoms with Gasteiger partial charge in [-0.05, 0) is 19.9 Å². The van der Waals surface area contributed by atoms with Gasteiger partial charge in [-0.1, -0.05) is 13.8 Å². The minimum absolute atomic E-state index is 0.0156. The molecule has 2 fully saturated rings. The third-order valence-electron chi connectivity index (χ3n) is 4.39. The second-order valence-electron chi connectivity index (χ2n) is 5.66. The molecule has 120 valence electrons. The first-order chi connectivity index (χ1) is 9.99. The monoisotopic (exact) mass is 315 g/mol. The van der Waals surface area contributed by atoms with Crippen molar-refractivity contribution in [3.63, 3.8) is 0 Å². The number of piperazine rings is 1. The SMILES string of the molecule is CCC1SCC(C(=O)O)N1C(=O)N1CCN(CC)C(C)C1. The molecule has 21 heavy (non-hydrogen) atoms. The molecule has 0 aliphatic carbocycles. The number of hydrogen-bond acceptors (Lipinski definition) is 4. The molecule has 3 atom stereocenters. The van der Waals surface area contributed by atoms with E-state index in [4.69, 9.17) is 0 Å². The standard InChI is InChI=1S/C14H25N3O3S/c1-4-12-17(11(9-21-12)13(18)19)14(20)16-7-6-15(5-2)10(3)8-16/h10-12H,4-9H2,1-3H3,(H,18,19). The van der Waals surface area contributed by atoms with Crippen molar-refractivity contribution in [2.75, 3.05) is 31.9 Å². The minimum atomic E-state index is -0.896. The zero-order chi connectivity index (χ0) is 15.6. The van der Waals surface area contributed by atoms with Gasteiger partial charge in [0.2, 0.25) is 0 Å². The van der Waals surface area contributed by atoms with Crippen LogP contribution in [0.3, 0.4) is 0 Å². The quantitative estimate of drug-likeness (QED) is 0.852. The maximum absolute atomic E-state index is 12.8. The molecule has 1 N–H and O–H groups in total. The Balaban J connectivity index is 2.08. The third kappa shape index (κ3) is 3.29. The Morgan fingerprint density at radius 3 is 2.52 bits per heavy atom. The van der Waals surface area contributed by atoms with Gasteiger partial charge in [-0.25, -0.2) is 9.59 Å². The van der Waals surface area contributed by atoms with Gasteiger partial charge in [0, 0.05) is 31.4 Å². The molecule has 6 nitrogen and oxygen atoms in total. The zero-order valence-electron chi connectivity index (χ0n) is 13.0. The third-order valence-corrected chi connectivity index (χ3v) is 5.84. The maximum atomic E-state index is 12.8. The van der Waals surface area contributed by atoms with E-state index in [9.17, 15) is 14.7 Å². The number of urea groups is 1. The van der Waals surface area contributed by atoms with Gasteiger partial charge in [-0.2, -0.15) is 0 Å². The summed E-state index contributed by atoms with van der Waals surface area (Å²) >= 11 is 1.57. The van der Waals surface area contributed by atoms with Crippen molar-refractivity contribution < 1.29 is 14.7 Å². The molecule has 2 amide bonds. The summed E-state index contributed by atoms with van der Waals surface area (Å²) in [4.78, 5) is 29.9. The normalized spacial score (nSPS) is 30.7. The van der Waals surface area contributed by atoms with Crippen LogP contribution in [0.1, 0.15) is 27.2 Å². The fourth-order valence-electron chi connectivity index (χ4n) is 3.13. The van der Waals surface area contributed by atoms with Gasteiger partial charge in [0.15, 0.2) is 0 Å². The number of carboxylic acids is 1. The van der Waals surface area contributed by atoms with E-state index in [2.05, 4.69) is 18.7 Å². The second-order valence-corrected chi connectivity index (χ2v) is 6.87. The predicted octanol–water partition coefficient (Wildman–Crippen LogP) is 1.37. The van der Waals surface area contributed by atoms with Gasteiger partial charge >= 0.3 is 12.0 Å². The number of carbonyl (C=O) groups is 2. The fraction of sp³-hybridized carbons (Fsp3) is 0.857. The number of aliphatic carboxylic acids is 1. The molecular formula is C14H25N3O3S. The topological polar surface area (TPSA) is 64.1 Å². The Kier molecular flexibility index (Phi) is 5.37. The summed E-state index contributed by atoms with van der Waals surface area (Å²) < 4.78 is 0. The molecule has 0 bridgehead atoms. The van der Waals surface area contributed by atoms with Crippen LogP contribution in [0.25, 0.3) is 0 Å². The number of carbonyl (C=O) groups excluding carboxylic acids is 1. The molecule has 0 aromatic carbocycles. The predicted molar refractivity (Wildman–Crippen MR) is 83.5 cm³/mol. The minimum Gasteiger partial charge on any atom is -0.480 e. The fourth-order valence-corrected chi connectivity index (χ4v) is 4.47. The zero-order valence-corrected chi connectivity index (χ0v) is 13.8. The molecule has 0 radical (unpaired) electrons. The first-order valence-corrected chi connectivity index (χ1v) is 8.70. The summed E-state index contributed by atoms with van der Waals surface area (Å²) in [7, 11) is 0. The van der Waals surface area contributed by atoms with Crippen LogP contribution < -0.4 is 0 Å². The van der Waals surface area contributed by atoms with Gasteiger partial charge in [0.25, 0.3) is 0 Å². The van der Waals surface area contributed by atoms with Gasteiger partial charge in [0.05, 0.1) is 5.37 Å². The Labute approximate surface area is 130 Å². The lowest BCUT2D eigenvalue weighted by Gasteiger charge is -2.42.